The van der Waals surface area contributed by atoms with Crippen molar-refractivity contribution in [3.05, 3.63) is 0 Å². The largest absolute Gasteiger partial charge is 0.299 e. The van der Waals surface area contributed by atoms with Crippen molar-refractivity contribution in [2.75, 3.05) is 31.1 Å². The third-order valence-corrected chi connectivity index (χ3v) is 6.35. The van der Waals surface area contributed by atoms with E-state index >= 15 is 0 Å². The van der Waals surface area contributed by atoms with Crippen molar-refractivity contribution >= 4 is 9.84 Å². The Balaban J connectivity index is 1.68. The molecule has 1 unspecified atom stereocenters. The number of nitriles is 1. The highest BCUT2D eigenvalue weighted by molar-refractivity contribution is 7.91. The SMILES string of the molecule is N#CC(CN1CCCS(=O)(=O)CC1)(NC1CC1)C1CC1. The van der Waals surface area contributed by atoms with Crippen LogP contribution in [0.4, 0.5) is 0 Å². The molecule has 1 N–H and O–H groups in total. The quantitative estimate of drug-likeness (QED) is 0.801. The van der Waals surface area contributed by atoms with Crippen LogP contribution in [-0.4, -0.2) is 56.0 Å². The van der Waals surface area contributed by atoms with E-state index in [1.807, 2.05) is 0 Å². The fraction of sp³-hybridized carbons (Fsp3) is 0.929. The van der Waals surface area contributed by atoms with E-state index < -0.39 is 15.4 Å². The van der Waals surface area contributed by atoms with Gasteiger partial charge >= 0.3 is 0 Å². The zero-order chi connectivity index (χ0) is 14.2. The van der Waals surface area contributed by atoms with E-state index in [1.54, 1.807) is 0 Å². The minimum atomic E-state index is -2.87. The van der Waals surface area contributed by atoms with Crippen LogP contribution < -0.4 is 5.32 Å². The minimum absolute atomic E-state index is 0.239. The molecule has 5 nitrogen and oxygen atoms in total. The van der Waals surface area contributed by atoms with Crippen LogP contribution >= 0.6 is 0 Å². The second-order valence-electron chi connectivity index (χ2n) is 6.56. The molecule has 2 saturated carbocycles. The highest BCUT2D eigenvalue weighted by atomic mass is 32.2. The van der Waals surface area contributed by atoms with E-state index in [9.17, 15) is 13.7 Å². The van der Waals surface area contributed by atoms with E-state index in [0.29, 0.717) is 37.2 Å². The van der Waals surface area contributed by atoms with Crippen LogP contribution in [0, 0.1) is 17.2 Å². The van der Waals surface area contributed by atoms with Crippen molar-refractivity contribution in [3.8, 4) is 6.07 Å². The second kappa shape index (κ2) is 5.28. The summed E-state index contributed by atoms with van der Waals surface area (Å²) in [6.45, 7) is 2.05. The molecular formula is C14H23N3O2S. The van der Waals surface area contributed by atoms with Gasteiger partial charge in [-0.2, -0.15) is 5.26 Å². The summed E-state index contributed by atoms with van der Waals surface area (Å²) in [5, 5.41) is 13.3. The molecule has 0 aromatic heterocycles. The Kier molecular flexibility index (Phi) is 3.78. The van der Waals surface area contributed by atoms with E-state index in [4.69, 9.17) is 0 Å². The van der Waals surface area contributed by atoms with Crippen molar-refractivity contribution < 1.29 is 8.42 Å². The van der Waals surface area contributed by atoms with Gasteiger partial charge < -0.3 is 0 Å². The lowest BCUT2D eigenvalue weighted by molar-refractivity contribution is 0.205. The predicted octanol–water partition coefficient (Wildman–Crippen LogP) is 0.531. The number of sulfone groups is 1. The highest BCUT2D eigenvalue weighted by Gasteiger charge is 2.49. The van der Waals surface area contributed by atoms with Crippen LogP contribution in [0.3, 0.4) is 0 Å². The Hall–Kier alpha value is -0.640. The van der Waals surface area contributed by atoms with Gasteiger partial charge in [-0.1, -0.05) is 0 Å². The standard InChI is InChI=1S/C14H23N3O2S/c15-10-14(12-2-3-12,16-13-4-5-13)11-17-6-1-8-20(18,19)9-7-17/h12-13,16H,1-9,11H2. The average molecular weight is 297 g/mol. The third-order valence-electron chi connectivity index (χ3n) is 4.63. The minimum Gasteiger partial charge on any atom is -0.299 e. The van der Waals surface area contributed by atoms with Gasteiger partial charge in [0, 0.05) is 19.1 Å². The summed E-state index contributed by atoms with van der Waals surface area (Å²) >= 11 is 0. The molecule has 0 aromatic rings. The lowest BCUT2D eigenvalue weighted by Gasteiger charge is -2.34. The van der Waals surface area contributed by atoms with Gasteiger partial charge in [0.15, 0.2) is 9.84 Å². The van der Waals surface area contributed by atoms with Gasteiger partial charge in [0.25, 0.3) is 0 Å². The Bertz CT molecular complexity index is 505. The first-order valence-electron chi connectivity index (χ1n) is 7.65. The monoisotopic (exact) mass is 297 g/mol. The van der Waals surface area contributed by atoms with Gasteiger partial charge in [-0.15, -0.1) is 0 Å². The summed E-state index contributed by atoms with van der Waals surface area (Å²) in [4.78, 5) is 2.18. The van der Waals surface area contributed by atoms with Gasteiger partial charge in [0.1, 0.15) is 5.54 Å². The van der Waals surface area contributed by atoms with E-state index in [0.717, 1.165) is 19.4 Å². The maximum atomic E-state index is 11.7. The highest BCUT2D eigenvalue weighted by Crippen LogP contribution is 2.41. The van der Waals surface area contributed by atoms with E-state index in [-0.39, 0.29) is 5.75 Å². The lowest BCUT2D eigenvalue weighted by Crippen LogP contribution is -2.55. The summed E-state index contributed by atoms with van der Waals surface area (Å²) in [5.41, 5.74) is -0.449. The molecule has 3 rings (SSSR count). The van der Waals surface area contributed by atoms with Crippen molar-refractivity contribution in [3.63, 3.8) is 0 Å². The van der Waals surface area contributed by atoms with Crippen molar-refractivity contribution in [2.24, 2.45) is 5.92 Å². The Labute approximate surface area is 121 Å². The summed E-state index contributed by atoms with van der Waals surface area (Å²) in [6, 6.07) is 3.04. The molecule has 3 fully saturated rings. The van der Waals surface area contributed by atoms with Crippen LogP contribution in [0.25, 0.3) is 0 Å². The molecule has 1 saturated heterocycles. The summed E-state index contributed by atoms with van der Waals surface area (Å²) in [6.07, 6.45) is 5.28. The van der Waals surface area contributed by atoms with E-state index in [2.05, 4.69) is 16.3 Å². The molecule has 112 valence electrons. The first kappa shape index (κ1) is 14.3. The van der Waals surface area contributed by atoms with Crippen molar-refractivity contribution in [2.45, 2.75) is 43.7 Å². The first-order chi connectivity index (χ1) is 9.53. The number of hydrogen-bond acceptors (Lipinski definition) is 5. The number of rotatable bonds is 5. The second-order valence-corrected chi connectivity index (χ2v) is 8.86. The summed E-state index contributed by atoms with van der Waals surface area (Å²) in [7, 11) is -2.87. The Morgan fingerprint density at radius 3 is 2.55 bits per heavy atom. The van der Waals surface area contributed by atoms with E-state index in [1.165, 1.54) is 12.8 Å². The van der Waals surface area contributed by atoms with Gasteiger partial charge in [-0.3, -0.25) is 10.2 Å². The Morgan fingerprint density at radius 1 is 1.20 bits per heavy atom. The number of nitrogens with one attached hydrogen (secondary N) is 1. The predicted molar refractivity (Wildman–Crippen MR) is 76.9 cm³/mol. The van der Waals surface area contributed by atoms with Crippen LogP contribution in [0.1, 0.15) is 32.1 Å². The molecule has 1 heterocycles. The van der Waals surface area contributed by atoms with Crippen LogP contribution in [0.5, 0.6) is 0 Å². The zero-order valence-electron chi connectivity index (χ0n) is 11.8. The molecule has 0 spiro atoms. The van der Waals surface area contributed by atoms with Gasteiger partial charge in [-0.25, -0.2) is 8.42 Å². The Morgan fingerprint density at radius 2 is 1.95 bits per heavy atom. The molecule has 0 radical (unpaired) electrons. The smallest absolute Gasteiger partial charge is 0.151 e. The molecule has 3 aliphatic rings. The third kappa shape index (κ3) is 3.33. The topological polar surface area (TPSA) is 73.2 Å². The van der Waals surface area contributed by atoms with Gasteiger partial charge in [-0.05, 0) is 44.6 Å². The average Bonchev–Trinajstić information content (AvgIpc) is 3.26. The van der Waals surface area contributed by atoms with Crippen LogP contribution in [-0.2, 0) is 9.84 Å². The molecule has 0 aromatic carbocycles. The first-order valence-corrected chi connectivity index (χ1v) is 9.47. The lowest BCUT2D eigenvalue weighted by atomic mass is 9.93. The summed E-state index contributed by atoms with van der Waals surface area (Å²) in [5.74, 6) is 0.985. The molecule has 1 aliphatic heterocycles. The molecule has 6 heteroatoms. The molecule has 2 aliphatic carbocycles. The van der Waals surface area contributed by atoms with Gasteiger partial charge in [0.05, 0.1) is 17.6 Å². The number of hydrogen-bond donors (Lipinski definition) is 1. The molecule has 20 heavy (non-hydrogen) atoms. The number of nitrogens with zero attached hydrogens (tertiary/aromatic N) is 2. The molecular weight excluding hydrogens is 274 g/mol. The van der Waals surface area contributed by atoms with Crippen LogP contribution in [0.2, 0.25) is 0 Å². The maximum Gasteiger partial charge on any atom is 0.151 e. The maximum absolute atomic E-state index is 11.7. The normalized spacial score (nSPS) is 30.1. The fourth-order valence-corrected chi connectivity index (χ4v) is 4.43. The van der Waals surface area contributed by atoms with Gasteiger partial charge in [0.2, 0.25) is 0 Å². The van der Waals surface area contributed by atoms with Crippen LogP contribution in [0.15, 0.2) is 0 Å². The zero-order valence-corrected chi connectivity index (χ0v) is 12.7. The molecule has 0 amide bonds. The summed E-state index contributed by atoms with van der Waals surface area (Å²) < 4.78 is 23.4. The van der Waals surface area contributed by atoms with Crippen molar-refractivity contribution in [1.29, 1.82) is 5.26 Å². The van der Waals surface area contributed by atoms with Crippen molar-refractivity contribution in [1.82, 2.24) is 10.2 Å². The molecule has 0 bridgehead atoms. The molecule has 1 atom stereocenters. The fourth-order valence-electron chi connectivity index (χ4n) is 3.12.